The van der Waals surface area contributed by atoms with E-state index in [1.807, 2.05) is 12.1 Å². The minimum atomic E-state index is -0.342. The number of pyridine rings is 1. The number of benzene rings is 2. The number of carbonyl (C=O) groups excluding carboxylic acids is 1. The maximum absolute atomic E-state index is 15.4. The van der Waals surface area contributed by atoms with Crippen molar-refractivity contribution in [2.75, 3.05) is 20.7 Å². The average molecular weight is 426 g/mol. The fourth-order valence-corrected chi connectivity index (χ4v) is 3.86. The van der Waals surface area contributed by atoms with Crippen LogP contribution in [-0.4, -0.2) is 36.6 Å². The van der Waals surface area contributed by atoms with E-state index in [0.717, 1.165) is 11.3 Å². The fraction of sp³-hybridized carbons (Fsp3) is 0.217. The normalized spacial score (nSPS) is 15.9. The van der Waals surface area contributed by atoms with Crippen molar-refractivity contribution >= 4 is 17.6 Å². The van der Waals surface area contributed by atoms with E-state index >= 15 is 4.39 Å². The van der Waals surface area contributed by atoms with Crippen LogP contribution in [0.2, 0.25) is 5.02 Å². The molecule has 0 aliphatic carbocycles. The van der Waals surface area contributed by atoms with E-state index in [1.165, 1.54) is 7.11 Å². The van der Waals surface area contributed by atoms with Crippen LogP contribution in [0.5, 0.6) is 5.75 Å². The summed E-state index contributed by atoms with van der Waals surface area (Å²) in [5.41, 5.74) is 3.26. The van der Waals surface area contributed by atoms with Gasteiger partial charge in [0.05, 0.1) is 24.4 Å². The Kier molecular flexibility index (Phi) is 5.59. The predicted molar refractivity (Wildman–Crippen MR) is 114 cm³/mol. The zero-order valence-electron chi connectivity index (χ0n) is 16.7. The van der Waals surface area contributed by atoms with Crippen LogP contribution >= 0.6 is 11.6 Å². The second-order valence-corrected chi connectivity index (χ2v) is 7.64. The quantitative estimate of drug-likeness (QED) is 0.636. The van der Waals surface area contributed by atoms with Gasteiger partial charge in [0, 0.05) is 31.2 Å². The third-order valence-electron chi connectivity index (χ3n) is 5.34. The van der Waals surface area contributed by atoms with Gasteiger partial charge in [-0.3, -0.25) is 4.98 Å². The number of urea groups is 1. The number of likely N-dealkylation sites (N-methyl/N-ethyl adjacent to an activating group) is 1. The Labute approximate surface area is 179 Å². The second kappa shape index (κ2) is 8.32. The Morgan fingerprint density at radius 3 is 2.73 bits per heavy atom. The van der Waals surface area contributed by atoms with Gasteiger partial charge in [-0.25, -0.2) is 9.18 Å². The van der Waals surface area contributed by atoms with Crippen LogP contribution in [0, 0.1) is 5.82 Å². The molecule has 0 spiro atoms. The van der Waals surface area contributed by atoms with Crippen molar-refractivity contribution in [1.82, 2.24) is 15.2 Å². The van der Waals surface area contributed by atoms with E-state index in [0.29, 0.717) is 40.4 Å². The van der Waals surface area contributed by atoms with E-state index in [9.17, 15) is 4.79 Å². The maximum Gasteiger partial charge on any atom is 0.317 e. The molecule has 154 valence electrons. The summed E-state index contributed by atoms with van der Waals surface area (Å²) < 4.78 is 20.8. The lowest BCUT2D eigenvalue weighted by atomic mass is 9.97. The molecule has 1 saturated heterocycles. The number of hydrogen-bond acceptors (Lipinski definition) is 3. The lowest BCUT2D eigenvalue weighted by molar-refractivity contribution is 0.216. The van der Waals surface area contributed by atoms with Crippen molar-refractivity contribution in [3.63, 3.8) is 0 Å². The molecular weight excluding hydrogens is 405 g/mol. The zero-order valence-corrected chi connectivity index (χ0v) is 17.4. The topological polar surface area (TPSA) is 54.5 Å². The number of halogens is 2. The van der Waals surface area contributed by atoms with Crippen molar-refractivity contribution in [1.29, 1.82) is 0 Å². The second-order valence-electron chi connectivity index (χ2n) is 7.21. The predicted octanol–water partition coefficient (Wildman–Crippen LogP) is 4.84. The molecule has 1 atom stereocenters. The van der Waals surface area contributed by atoms with Gasteiger partial charge in [-0.05, 0) is 41.0 Å². The first-order valence-electron chi connectivity index (χ1n) is 9.54. The monoisotopic (exact) mass is 425 g/mol. The van der Waals surface area contributed by atoms with Gasteiger partial charge in [-0.2, -0.15) is 0 Å². The first-order valence-corrected chi connectivity index (χ1v) is 9.92. The average Bonchev–Trinajstić information content (AvgIpc) is 3.08. The number of methoxy groups -OCH3 is 1. The Hall–Kier alpha value is -3.12. The molecule has 7 heteroatoms. The zero-order chi connectivity index (χ0) is 21.3. The summed E-state index contributed by atoms with van der Waals surface area (Å²) in [4.78, 5) is 17.8. The molecule has 1 aromatic heterocycles. The van der Waals surface area contributed by atoms with Crippen LogP contribution in [0.25, 0.3) is 11.1 Å². The minimum Gasteiger partial charge on any atom is -0.496 e. The highest BCUT2D eigenvalue weighted by Gasteiger charge is 2.29. The summed E-state index contributed by atoms with van der Waals surface area (Å²) in [5, 5.41) is 3.32. The smallest absolute Gasteiger partial charge is 0.317 e. The van der Waals surface area contributed by atoms with Crippen LogP contribution in [0.4, 0.5) is 9.18 Å². The number of rotatable bonds is 5. The summed E-state index contributed by atoms with van der Waals surface area (Å²) >= 11 is 6.10. The SMILES string of the molecule is COc1ccc(Cc2ccc(C3CNC(=O)N3C)nc2)c(F)c1-c1cccc(Cl)c1. The third-order valence-corrected chi connectivity index (χ3v) is 5.57. The first-order chi connectivity index (χ1) is 14.5. The number of carbonyl (C=O) groups is 1. The number of hydrogen-bond donors (Lipinski definition) is 1. The number of amides is 2. The molecule has 0 bridgehead atoms. The van der Waals surface area contributed by atoms with Crippen molar-refractivity contribution < 1.29 is 13.9 Å². The van der Waals surface area contributed by atoms with Crippen LogP contribution in [0.3, 0.4) is 0 Å². The molecule has 30 heavy (non-hydrogen) atoms. The highest BCUT2D eigenvalue weighted by Crippen LogP contribution is 2.36. The number of aromatic nitrogens is 1. The molecule has 0 radical (unpaired) electrons. The van der Waals surface area contributed by atoms with Crippen LogP contribution in [-0.2, 0) is 6.42 Å². The number of nitrogens with one attached hydrogen (secondary N) is 1. The van der Waals surface area contributed by atoms with Gasteiger partial charge in [0.2, 0.25) is 0 Å². The van der Waals surface area contributed by atoms with E-state index < -0.39 is 0 Å². The molecular formula is C23H21ClFN3O2. The van der Waals surface area contributed by atoms with Gasteiger partial charge in [0.25, 0.3) is 0 Å². The minimum absolute atomic E-state index is 0.0984. The molecule has 3 aromatic rings. The molecule has 0 saturated carbocycles. The molecule has 1 aliphatic heterocycles. The van der Waals surface area contributed by atoms with Crippen molar-refractivity contribution in [2.45, 2.75) is 12.5 Å². The molecule has 2 heterocycles. The van der Waals surface area contributed by atoms with E-state index in [4.69, 9.17) is 16.3 Å². The summed E-state index contributed by atoms with van der Waals surface area (Å²) in [6.07, 6.45) is 2.11. The summed E-state index contributed by atoms with van der Waals surface area (Å²) in [6.45, 7) is 0.526. The van der Waals surface area contributed by atoms with Crippen LogP contribution < -0.4 is 10.1 Å². The highest BCUT2D eigenvalue weighted by atomic mass is 35.5. The van der Waals surface area contributed by atoms with Crippen molar-refractivity contribution in [3.05, 3.63) is 82.4 Å². The lowest BCUT2D eigenvalue weighted by Crippen LogP contribution is -2.25. The summed E-state index contributed by atoms with van der Waals surface area (Å²) in [6, 6.07) is 14.1. The van der Waals surface area contributed by atoms with Gasteiger partial charge in [-0.1, -0.05) is 35.9 Å². The Morgan fingerprint density at radius 1 is 1.27 bits per heavy atom. The molecule has 5 nitrogen and oxygen atoms in total. The van der Waals surface area contributed by atoms with Gasteiger partial charge in [0.1, 0.15) is 11.6 Å². The Bertz CT molecular complexity index is 1090. The Balaban J connectivity index is 1.62. The van der Waals surface area contributed by atoms with Crippen molar-refractivity contribution in [2.24, 2.45) is 0 Å². The van der Waals surface area contributed by atoms with Gasteiger partial charge >= 0.3 is 6.03 Å². The number of nitrogens with zero attached hydrogens (tertiary/aromatic N) is 2. The number of ether oxygens (including phenoxy) is 1. The highest BCUT2D eigenvalue weighted by molar-refractivity contribution is 6.30. The largest absolute Gasteiger partial charge is 0.496 e. The van der Waals surface area contributed by atoms with Crippen molar-refractivity contribution in [3.8, 4) is 16.9 Å². The molecule has 2 amide bonds. The van der Waals surface area contributed by atoms with E-state index in [2.05, 4.69) is 10.3 Å². The lowest BCUT2D eigenvalue weighted by Gasteiger charge is -2.17. The molecule has 1 N–H and O–H groups in total. The maximum atomic E-state index is 15.4. The Morgan fingerprint density at radius 2 is 2.10 bits per heavy atom. The molecule has 1 fully saturated rings. The molecule has 1 aliphatic rings. The van der Waals surface area contributed by atoms with Gasteiger partial charge in [0.15, 0.2) is 0 Å². The van der Waals surface area contributed by atoms with Gasteiger partial charge < -0.3 is 15.0 Å². The van der Waals surface area contributed by atoms with Crippen LogP contribution in [0.15, 0.2) is 54.7 Å². The van der Waals surface area contributed by atoms with Crippen LogP contribution in [0.1, 0.15) is 22.9 Å². The first kappa shape index (κ1) is 20.2. The summed E-state index contributed by atoms with van der Waals surface area (Å²) in [7, 11) is 3.26. The van der Waals surface area contributed by atoms with E-state index in [1.54, 1.807) is 54.5 Å². The van der Waals surface area contributed by atoms with E-state index in [-0.39, 0.29) is 17.9 Å². The fourth-order valence-electron chi connectivity index (χ4n) is 3.67. The molecule has 2 aromatic carbocycles. The third kappa shape index (κ3) is 3.83. The molecule has 1 unspecified atom stereocenters. The van der Waals surface area contributed by atoms with Gasteiger partial charge in [-0.15, -0.1) is 0 Å². The molecule has 4 rings (SSSR count). The summed E-state index contributed by atoms with van der Waals surface area (Å²) in [5.74, 6) is 0.111. The standard InChI is InChI=1S/C23H21ClFN3O2/c1-28-19(13-27-23(28)29)18-8-6-14(12-26-18)10-16-7-9-20(30-2)21(22(16)25)15-4-3-5-17(24)11-15/h3-9,11-12,19H,10,13H2,1-2H3,(H,27,29).